The molecule has 5 heteroatoms. The van der Waals surface area contributed by atoms with Gasteiger partial charge in [0.25, 0.3) is 5.91 Å². The minimum atomic E-state index is -0.301. The largest absolute Gasteiger partial charge is 0.326 e. The molecule has 2 rings (SSSR count). The second-order valence-corrected chi connectivity index (χ2v) is 5.52. The van der Waals surface area contributed by atoms with Crippen molar-refractivity contribution in [1.82, 2.24) is 15.1 Å². The van der Waals surface area contributed by atoms with Crippen LogP contribution in [0.25, 0.3) is 0 Å². The van der Waals surface area contributed by atoms with Crippen LogP contribution in [0.15, 0.2) is 0 Å². The third-order valence-corrected chi connectivity index (χ3v) is 3.77. The Morgan fingerprint density at radius 3 is 2.83 bits per heavy atom. The van der Waals surface area contributed by atoms with Crippen molar-refractivity contribution in [2.45, 2.75) is 45.6 Å². The quantitative estimate of drug-likeness (QED) is 0.770. The fraction of sp³-hybridized carbons (Fsp3) is 0.846. The van der Waals surface area contributed by atoms with Gasteiger partial charge in [0.05, 0.1) is 6.67 Å². The number of carbonyl (C=O) groups is 2. The van der Waals surface area contributed by atoms with Crippen LogP contribution in [0, 0.1) is 5.92 Å². The molecule has 2 saturated heterocycles. The number of nitrogens with zero attached hydrogens (tertiary/aromatic N) is 2. The number of hydrogen-bond donors (Lipinski definition) is 1. The summed E-state index contributed by atoms with van der Waals surface area (Å²) in [5.74, 6) is 0.603. The third kappa shape index (κ3) is 2.83. The Labute approximate surface area is 108 Å². The van der Waals surface area contributed by atoms with Crippen LogP contribution in [0.3, 0.4) is 0 Å². The molecule has 0 radical (unpaired) electrons. The molecule has 0 aliphatic carbocycles. The molecule has 0 aromatic heterocycles. The van der Waals surface area contributed by atoms with E-state index in [-0.39, 0.29) is 18.0 Å². The fourth-order valence-electron chi connectivity index (χ4n) is 2.81. The number of urea groups is 1. The molecule has 0 saturated carbocycles. The summed E-state index contributed by atoms with van der Waals surface area (Å²) in [6.07, 6.45) is 4.04. The fourth-order valence-corrected chi connectivity index (χ4v) is 2.81. The van der Waals surface area contributed by atoms with Gasteiger partial charge in [-0.25, -0.2) is 9.69 Å². The Bertz CT molecular complexity index is 332. The average Bonchev–Trinajstić information content (AvgIpc) is 2.58. The summed E-state index contributed by atoms with van der Waals surface area (Å²) in [5.41, 5.74) is 0. The van der Waals surface area contributed by atoms with E-state index in [1.165, 1.54) is 11.3 Å². The number of carbonyl (C=O) groups excluding carboxylic acids is 2. The number of likely N-dealkylation sites (tertiary alicyclic amines) is 1. The molecule has 2 heterocycles. The maximum Gasteiger partial charge on any atom is 0.325 e. The van der Waals surface area contributed by atoms with E-state index in [0.717, 1.165) is 32.4 Å². The van der Waals surface area contributed by atoms with Crippen molar-refractivity contribution in [3.05, 3.63) is 0 Å². The number of rotatable bonds is 4. The predicted molar refractivity (Wildman–Crippen MR) is 68.9 cm³/mol. The summed E-state index contributed by atoms with van der Waals surface area (Å²) < 4.78 is 0. The normalized spacial score (nSPS) is 29.8. The summed E-state index contributed by atoms with van der Waals surface area (Å²) in [5, 5.41) is 2.77. The molecule has 3 amide bonds. The smallest absolute Gasteiger partial charge is 0.325 e. The maximum atomic E-state index is 12.1. The average molecular weight is 253 g/mol. The monoisotopic (exact) mass is 253 g/mol. The van der Waals surface area contributed by atoms with Crippen LogP contribution in [-0.4, -0.2) is 47.5 Å². The Morgan fingerprint density at radius 2 is 2.17 bits per heavy atom. The van der Waals surface area contributed by atoms with Gasteiger partial charge in [0.1, 0.15) is 6.04 Å². The molecule has 2 unspecified atom stereocenters. The van der Waals surface area contributed by atoms with Crippen molar-refractivity contribution < 1.29 is 9.59 Å². The highest BCUT2D eigenvalue weighted by Gasteiger charge is 2.38. The lowest BCUT2D eigenvalue weighted by molar-refractivity contribution is -0.129. The van der Waals surface area contributed by atoms with E-state index in [2.05, 4.69) is 17.1 Å². The Morgan fingerprint density at radius 1 is 1.39 bits per heavy atom. The zero-order valence-corrected chi connectivity index (χ0v) is 11.3. The van der Waals surface area contributed by atoms with Crippen molar-refractivity contribution in [3.8, 4) is 0 Å². The molecule has 0 aromatic carbocycles. The zero-order valence-electron chi connectivity index (χ0n) is 11.3. The highest BCUT2D eigenvalue weighted by atomic mass is 16.2. The van der Waals surface area contributed by atoms with E-state index in [1.54, 1.807) is 0 Å². The van der Waals surface area contributed by atoms with Gasteiger partial charge in [-0.3, -0.25) is 9.69 Å². The number of piperidine rings is 1. The maximum absolute atomic E-state index is 12.1. The van der Waals surface area contributed by atoms with Crippen molar-refractivity contribution >= 4 is 11.9 Å². The van der Waals surface area contributed by atoms with Gasteiger partial charge in [0, 0.05) is 6.54 Å². The van der Waals surface area contributed by atoms with Crippen molar-refractivity contribution in [2.24, 2.45) is 5.92 Å². The summed E-state index contributed by atoms with van der Waals surface area (Å²) in [6, 6.07) is -0.526. The first-order valence-corrected chi connectivity index (χ1v) is 6.96. The molecule has 2 fully saturated rings. The van der Waals surface area contributed by atoms with Crippen LogP contribution in [0.1, 0.15) is 39.5 Å². The Hall–Kier alpha value is -1.10. The number of imide groups is 1. The zero-order chi connectivity index (χ0) is 13.1. The molecule has 2 aliphatic rings. The molecule has 2 aliphatic heterocycles. The van der Waals surface area contributed by atoms with Crippen LogP contribution in [0.4, 0.5) is 4.79 Å². The Kier molecular flexibility index (Phi) is 4.22. The van der Waals surface area contributed by atoms with Gasteiger partial charge in [-0.05, 0) is 31.7 Å². The lowest BCUT2D eigenvalue weighted by atomic mass is 10.0. The standard InChI is InChI=1S/C13H23N3O2/c1-3-5-11-12(17)16(13(18)14-11)9-15-7-4-6-10(2)8-15/h10-11H,3-9H2,1-2H3,(H,14,18). The Balaban J connectivity index is 1.92. The first-order chi connectivity index (χ1) is 8.61. The molecule has 5 nitrogen and oxygen atoms in total. The van der Waals surface area contributed by atoms with Crippen molar-refractivity contribution in [3.63, 3.8) is 0 Å². The first kappa shape index (κ1) is 13.3. The molecule has 0 aromatic rings. The van der Waals surface area contributed by atoms with Gasteiger partial charge in [-0.1, -0.05) is 20.3 Å². The van der Waals surface area contributed by atoms with E-state index in [1.807, 2.05) is 6.92 Å². The summed E-state index contributed by atoms with van der Waals surface area (Å²) in [4.78, 5) is 27.5. The van der Waals surface area contributed by atoms with Crippen LogP contribution in [0.5, 0.6) is 0 Å². The SMILES string of the molecule is CCCC1NC(=O)N(CN2CCCC(C)C2)C1=O. The van der Waals surface area contributed by atoms with E-state index >= 15 is 0 Å². The number of hydrogen-bond acceptors (Lipinski definition) is 3. The number of amides is 3. The topological polar surface area (TPSA) is 52.7 Å². The molecular formula is C13H23N3O2. The first-order valence-electron chi connectivity index (χ1n) is 6.96. The second-order valence-electron chi connectivity index (χ2n) is 5.52. The van der Waals surface area contributed by atoms with Gasteiger partial charge in [0.15, 0.2) is 0 Å². The summed E-state index contributed by atoms with van der Waals surface area (Å²) >= 11 is 0. The lowest BCUT2D eigenvalue weighted by Gasteiger charge is -2.32. The molecule has 2 atom stereocenters. The van der Waals surface area contributed by atoms with Gasteiger partial charge in [-0.2, -0.15) is 0 Å². The van der Waals surface area contributed by atoms with Crippen LogP contribution < -0.4 is 5.32 Å². The second kappa shape index (κ2) is 5.69. The molecule has 1 N–H and O–H groups in total. The summed E-state index contributed by atoms with van der Waals surface area (Å²) in [7, 11) is 0. The van der Waals surface area contributed by atoms with Gasteiger partial charge in [0.2, 0.25) is 0 Å². The molecule has 102 valence electrons. The van der Waals surface area contributed by atoms with E-state index < -0.39 is 0 Å². The third-order valence-electron chi connectivity index (χ3n) is 3.77. The van der Waals surface area contributed by atoms with Crippen LogP contribution in [-0.2, 0) is 4.79 Å². The molecular weight excluding hydrogens is 230 g/mol. The van der Waals surface area contributed by atoms with E-state index in [9.17, 15) is 9.59 Å². The predicted octanol–water partition coefficient (Wildman–Crippen LogP) is 1.40. The molecule has 18 heavy (non-hydrogen) atoms. The van der Waals surface area contributed by atoms with E-state index in [0.29, 0.717) is 12.6 Å². The van der Waals surface area contributed by atoms with Gasteiger partial charge >= 0.3 is 6.03 Å². The van der Waals surface area contributed by atoms with Crippen molar-refractivity contribution in [1.29, 1.82) is 0 Å². The van der Waals surface area contributed by atoms with Crippen LogP contribution >= 0.6 is 0 Å². The number of nitrogens with one attached hydrogen (secondary N) is 1. The highest BCUT2D eigenvalue weighted by molar-refractivity contribution is 6.04. The van der Waals surface area contributed by atoms with Crippen LogP contribution in [0.2, 0.25) is 0 Å². The minimum Gasteiger partial charge on any atom is -0.326 e. The van der Waals surface area contributed by atoms with Gasteiger partial charge < -0.3 is 5.32 Å². The lowest BCUT2D eigenvalue weighted by Crippen LogP contribution is -2.45. The molecule has 0 spiro atoms. The van der Waals surface area contributed by atoms with E-state index in [4.69, 9.17) is 0 Å². The minimum absolute atomic E-state index is 0.0555. The van der Waals surface area contributed by atoms with Gasteiger partial charge in [-0.15, -0.1) is 0 Å². The van der Waals surface area contributed by atoms with Crippen molar-refractivity contribution in [2.75, 3.05) is 19.8 Å². The highest BCUT2D eigenvalue weighted by Crippen LogP contribution is 2.18. The summed E-state index contributed by atoms with van der Waals surface area (Å²) in [6.45, 7) is 6.66. The molecule has 0 bridgehead atoms.